The molecule has 0 radical (unpaired) electrons. The zero-order valence-corrected chi connectivity index (χ0v) is 15.6. The summed E-state index contributed by atoms with van der Waals surface area (Å²) in [6.45, 7) is 2.90. The molecule has 0 spiro atoms. The second-order valence-corrected chi connectivity index (χ2v) is 6.36. The van der Waals surface area contributed by atoms with Crippen LogP contribution in [0.2, 0.25) is 0 Å². The Morgan fingerprint density at radius 2 is 2.08 bits per heavy atom. The number of aryl methyl sites for hydroxylation is 1. The fourth-order valence-corrected chi connectivity index (χ4v) is 2.86. The van der Waals surface area contributed by atoms with Gasteiger partial charge in [0, 0.05) is 20.3 Å². The molecular weight excluding hydrogens is 328 g/mol. The number of carbonyl (C=O) groups is 1. The van der Waals surface area contributed by atoms with E-state index < -0.39 is 0 Å². The highest BCUT2D eigenvalue weighted by atomic mass is 16.1. The van der Waals surface area contributed by atoms with Gasteiger partial charge < -0.3 is 10.2 Å². The first kappa shape index (κ1) is 19.7. The van der Waals surface area contributed by atoms with Crippen LogP contribution in [0.4, 0.5) is 11.4 Å². The monoisotopic (exact) mass is 356 g/mol. The van der Waals surface area contributed by atoms with Crippen LogP contribution in [0.3, 0.4) is 0 Å². The number of anilines is 2. The van der Waals surface area contributed by atoms with E-state index in [0.29, 0.717) is 6.41 Å². The smallest absolute Gasteiger partial charge is 0.222 e. The maximum absolute atomic E-state index is 9.15. The Morgan fingerprint density at radius 1 is 1.31 bits per heavy atom. The van der Waals surface area contributed by atoms with E-state index in [0.717, 1.165) is 18.2 Å². The van der Waals surface area contributed by atoms with Gasteiger partial charge >= 0.3 is 0 Å². The Hall–Kier alpha value is -2.64. The number of amides is 1. The predicted octanol–water partition coefficient (Wildman–Crippen LogP) is 2.06. The van der Waals surface area contributed by atoms with E-state index >= 15 is 0 Å². The average molecular weight is 356 g/mol. The summed E-state index contributed by atoms with van der Waals surface area (Å²) in [4.78, 5) is 16.0. The molecule has 26 heavy (non-hydrogen) atoms. The summed E-state index contributed by atoms with van der Waals surface area (Å²) in [6, 6.07) is 10.8. The summed E-state index contributed by atoms with van der Waals surface area (Å²) in [7, 11) is 4.15. The molecule has 1 heterocycles. The van der Waals surface area contributed by atoms with Crippen molar-refractivity contribution in [2.75, 3.05) is 24.3 Å². The summed E-state index contributed by atoms with van der Waals surface area (Å²) in [5.41, 5.74) is 10.2. The number of carbonyl (C=O) groups excluding carboxylic acids is 1. The molecule has 3 rings (SSSR count). The first-order valence-corrected chi connectivity index (χ1v) is 8.68. The lowest BCUT2D eigenvalue weighted by Gasteiger charge is -2.25. The maximum atomic E-state index is 9.15. The van der Waals surface area contributed by atoms with E-state index in [-0.39, 0.29) is 0 Å². The molecule has 1 fully saturated rings. The first-order chi connectivity index (χ1) is 12.6. The van der Waals surface area contributed by atoms with Crippen molar-refractivity contribution >= 4 is 17.8 Å². The van der Waals surface area contributed by atoms with Crippen molar-refractivity contribution in [2.45, 2.75) is 32.2 Å². The molecular formula is C19H28N6O. The highest BCUT2D eigenvalue weighted by Gasteiger charge is 2.28. The molecule has 1 aromatic heterocycles. The molecule has 1 amide bonds. The Morgan fingerprint density at radius 3 is 2.58 bits per heavy atom. The normalized spacial score (nSPS) is 12.6. The van der Waals surface area contributed by atoms with Gasteiger partial charge in [-0.15, -0.1) is 0 Å². The fraction of sp³-hybridized carbons (Fsp3) is 0.368. The largest absolute Gasteiger partial charge is 0.386 e. The van der Waals surface area contributed by atoms with Crippen molar-refractivity contribution in [3.05, 3.63) is 53.3 Å². The number of aromatic nitrogens is 1. The van der Waals surface area contributed by atoms with Gasteiger partial charge in [-0.05, 0) is 48.9 Å². The Bertz CT molecular complexity index is 700. The zero-order valence-electron chi connectivity index (χ0n) is 15.6. The number of nitrogens with two attached hydrogens (primary N) is 1. The number of hydrogen-bond donors (Lipinski definition) is 4. The molecule has 1 aliphatic rings. The first-order valence-electron chi connectivity index (χ1n) is 8.68. The van der Waals surface area contributed by atoms with Crippen LogP contribution < -0.4 is 27.0 Å². The molecule has 0 aliphatic heterocycles. The number of rotatable bonds is 7. The third-order valence-electron chi connectivity index (χ3n) is 4.25. The second-order valence-electron chi connectivity index (χ2n) is 6.36. The van der Waals surface area contributed by atoms with E-state index in [1.165, 1.54) is 35.3 Å². The van der Waals surface area contributed by atoms with Crippen LogP contribution >= 0.6 is 0 Å². The third kappa shape index (κ3) is 5.44. The van der Waals surface area contributed by atoms with Crippen molar-refractivity contribution in [3.63, 3.8) is 0 Å². The van der Waals surface area contributed by atoms with Gasteiger partial charge in [0.1, 0.15) is 0 Å². The Balaban J connectivity index is 0.000000431. The second kappa shape index (κ2) is 9.74. The fourth-order valence-electron chi connectivity index (χ4n) is 2.86. The molecule has 5 N–H and O–H groups in total. The van der Waals surface area contributed by atoms with Gasteiger partial charge in [0.2, 0.25) is 6.41 Å². The number of hydrazine groups is 2. The number of pyridine rings is 1. The standard InChI is InChI=1S/C18H23N3.CH5N3O/c1-13-7-10-15(20-11-13)12-21(3)18-16(14-8-9-14)5-4-6-17(18)19-2;2-4-3-1-5/h4-7,10-11,14,19H,8-9,12H2,1-3H3;1,4H,2H2,(H,3,5). The van der Waals surface area contributed by atoms with Gasteiger partial charge in [0.05, 0.1) is 23.6 Å². The van der Waals surface area contributed by atoms with Crippen molar-refractivity contribution < 1.29 is 4.79 Å². The van der Waals surface area contributed by atoms with Crippen LogP contribution in [0.25, 0.3) is 0 Å². The van der Waals surface area contributed by atoms with Crippen LogP contribution in [-0.4, -0.2) is 25.5 Å². The quantitative estimate of drug-likeness (QED) is 0.345. The highest BCUT2D eigenvalue weighted by molar-refractivity contribution is 5.74. The minimum Gasteiger partial charge on any atom is -0.386 e. The summed E-state index contributed by atoms with van der Waals surface area (Å²) >= 11 is 0. The highest BCUT2D eigenvalue weighted by Crippen LogP contribution is 2.46. The number of para-hydroxylation sites is 1. The SMILES string of the molecule is CNc1cccc(C2CC2)c1N(C)Cc1ccc(C)cn1.NNNC=O. The van der Waals surface area contributed by atoms with Crippen molar-refractivity contribution in [2.24, 2.45) is 5.84 Å². The van der Waals surface area contributed by atoms with Gasteiger partial charge in [-0.25, -0.2) is 0 Å². The number of benzene rings is 1. The van der Waals surface area contributed by atoms with Crippen LogP contribution in [0, 0.1) is 6.92 Å². The van der Waals surface area contributed by atoms with Crippen LogP contribution in [0.1, 0.15) is 35.6 Å². The van der Waals surface area contributed by atoms with Gasteiger partial charge in [0.25, 0.3) is 0 Å². The lowest BCUT2D eigenvalue weighted by atomic mass is 10.1. The predicted molar refractivity (Wildman–Crippen MR) is 106 cm³/mol. The van der Waals surface area contributed by atoms with E-state index in [2.05, 4.69) is 65.3 Å². The van der Waals surface area contributed by atoms with Crippen LogP contribution in [0.15, 0.2) is 36.5 Å². The van der Waals surface area contributed by atoms with Crippen molar-refractivity contribution in [1.29, 1.82) is 0 Å². The van der Waals surface area contributed by atoms with E-state index in [4.69, 9.17) is 4.79 Å². The lowest BCUT2D eigenvalue weighted by Crippen LogP contribution is -2.36. The molecule has 0 saturated heterocycles. The minimum absolute atomic E-state index is 0.444. The van der Waals surface area contributed by atoms with Crippen LogP contribution in [-0.2, 0) is 11.3 Å². The Labute approximate surface area is 154 Å². The lowest BCUT2D eigenvalue weighted by molar-refractivity contribution is -0.110. The van der Waals surface area contributed by atoms with Gasteiger partial charge in [-0.1, -0.05) is 18.2 Å². The van der Waals surface area contributed by atoms with Crippen molar-refractivity contribution in [3.8, 4) is 0 Å². The summed E-state index contributed by atoms with van der Waals surface area (Å²) in [5, 5.41) is 3.33. The van der Waals surface area contributed by atoms with Crippen molar-refractivity contribution in [1.82, 2.24) is 15.9 Å². The van der Waals surface area contributed by atoms with Gasteiger partial charge in [0.15, 0.2) is 0 Å². The van der Waals surface area contributed by atoms with Gasteiger partial charge in [-0.2, -0.15) is 5.53 Å². The topological polar surface area (TPSA) is 95.3 Å². The van der Waals surface area contributed by atoms with Crippen LogP contribution in [0.5, 0.6) is 0 Å². The molecule has 7 heteroatoms. The third-order valence-corrected chi connectivity index (χ3v) is 4.25. The number of nitrogens with one attached hydrogen (secondary N) is 3. The molecule has 1 saturated carbocycles. The summed E-state index contributed by atoms with van der Waals surface area (Å²) in [6.07, 6.45) is 5.02. The maximum Gasteiger partial charge on any atom is 0.222 e. The molecule has 0 atom stereocenters. The Kier molecular flexibility index (Phi) is 7.37. The van der Waals surface area contributed by atoms with E-state index in [1.54, 1.807) is 0 Å². The zero-order chi connectivity index (χ0) is 18.9. The molecule has 1 aromatic carbocycles. The molecule has 140 valence electrons. The minimum atomic E-state index is 0.444. The molecule has 0 bridgehead atoms. The summed E-state index contributed by atoms with van der Waals surface area (Å²) in [5.74, 6) is 5.28. The van der Waals surface area contributed by atoms with E-state index in [9.17, 15) is 0 Å². The molecule has 2 aromatic rings. The number of hydrogen-bond acceptors (Lipinski definition) is 6. The summed E-state index contributed by atoms with van der Waals surface area (Å²) < 4.78 is 0. The van der Waals surface area contributed by atoms with E-state index in [1.807, 2.05) is 24.2 Å². The molecule has 1 aliphatic carbocycles. The average Bonchev–Trinajstić information content (AvgIpc) is 3.49. The van der Waals surface area contributed by atoms with Gasteiger partial charge in [-0.3, -0.25) is 21.0 Å². The molecule has 0 unspecified atom stereocenters. The number of nitrogens with zero attached hydrogens (tertiary/aromatic N) is 2. The molecule has 7 nitrogen and oxygen atoms in total.